The second-order valence-corrected chi connectivity index (χ2v) is 5.97. The molecule has 2 aromatic rings. The number of hydrogen-bond donors (Lipinski definition) is 0. The summed E-state index contributed by atoms with van der Waals surface area (Å²) in [4.78, 5) is 12.1. The van der Waals surface area contributed by atoms with Gasteiger partial charge in [-0.1, -0.05) is 39.7 Å². The number of halogens is 2. The van der Waals surface area contributed by atoms with E-state index in [-0.39, 0.29) is 18.0 Å². The number of ketones is 1. The smallest absolute Gasteiger partial charge is 0.141 e. The van der Waals surface area contributed by atoms with Crippen LogP contribution < -0.4 is 0 Å². The maximum absolute atomic E-state index is 13.6. The van der Waals surface area contributed by atoms with Crippen LogP contribution in [0.1, 0.15) is 22.3 Å². The molecule has 0 saturated heterocycles. The molecular weight excluding hydrogens is 319 g/mol. The van der Waals surface area contributed by atoms with Crippen LogP contribution in [-0.4, -0.2) is 5.78 Å². The first-order valence-electron chi connectivity index (χ1n) is 6.47. The highest BCUT2D eigenvalue weighted by molar-refractivity contribution is 9.10. The normalized spacial score (nSPS) is 10.6. The number of rotatable bonds is 4. The highest BCUT2D eigenvalue weighted by Gasteiger charge is 2.11. The van der Waals surface area contributed by atoms with E-state index >= 15 is 0 Å². The molecule has 0 aliphatic rings. The first-order valence-corrected chi connectivity index (χ1v) is 7.27. The van der Waals surface area contributed by atoms with Gasteiger partial charge in [-0.25, -0.2) is 4.39 Å². The molecule has 0 heterocycles. The van der Waals surface area contributed by atoms with Crippen molar-refractivity contribution in [2.75, 3.05) is 0 Å². The Labute approximate surface area is 127 Å². The zero-order valence-corrected chi connectivity index (χ0v) is 13.1. The number of carbonyl (C=O) groups excluding carboxylic acids is 1. The van der Waals surface area contributed by atoms with Crippen molar-refractivity contribution >= 4 is 21.7 Å². The molecule has 2 aromatic carbocycles. The number of benzene rings is 2. The van der Waals surface area contributed by atoms with Gasteiger partial charge in [-0.05, 0) is 48.7 Å². The predicted molar refractivity (Wildman–Crippen MR) is 82.4 cm³/mol. The molecule has 0 amide bonds. The van der Waals surface area contributed by atoms with Crippen LogP contribution in [0.25, 0.3) is 0 Å². The zero-order valence-electron chi connectivity index (χ0n) is 11.5. The van der Waals surface area contributed by atoms with Crippen LogP contribution in [0.3, 0.4) is 0 Å². The Morgan fingerprint density at radius 3 is 2.50 bits per heavy atom. The van der Waals surface area contributed by atoms with Gasteiger partial charge in [0, 0.05) is 17.3 Å². The van der Waals surface area contributed by atoms with Crippen LogP contribution in [0, 0.1) is 19.7 Å². The molecule has 0 bridgehead atoms. The first kappa shape index (κ1) is 14.9. The summed E-state index contributed by atoms with van der Waals surface area (Å²) >= 11 is 3.30. The van der Waals surface area contributed by atoms with Crippen molar-refractivity contribution < 1.29 is 9.18 Å². The van der Waals surface area contributed by atoms with Gasteiger partial charge in [0.05, 0.1) is 0 Å². The number of Topliss-reactive ketones (excluding diaryl/α,β-unsaturated/α-hetero) is 1. The summed E-state index contributed by atoms with van der Waals surface area (Å²) in [5.74, 6) is -0.307. The molecule has 0 atom stereocenters. The Morgan fingerprint density at radius 2 is 1.75 bits per heavy atom. The molecule has 0 fully saturated rings. The molecule has 0 unspecified atom stereocenters. The lowest BCUT2D eigenvalue weighted by molar-refractivity contribution is -0.117. The largest absolute Gasteiger partial charge is 0.299 e. The Balaban J connectivity index is 2.13. The fourth-order valence-corrected chi connectivity index (χ4v) is 2.57. The van der Waals surface area contributed by atoms with E-state index in [2.05, 4.69) is 15.9 Å². The third-order valence-electron chi connectivity index (χ3n) is 3.29. The fraction of sp³-hybridized carbons (Fsp3) is 0.235. The van der Waals surface area contributed by atoms with Crippen molar-refractivity contribution in [3.63, 3.8) is 0 Å². The van der Waals surface area contributed by atoms with Crippen molar-refractivity contribution in [1.29, 1.82) is 0 Å². The molecule has 20 heavy (non-hydrogen) atoms. The van der Waals surface area contributed by atoms with Crippen molar-refractivity contribution in [1.82, 2.24) is 0 Å². The van der Waals surface area contributed by atoms with Gasteiger partial charge in [0.15, 0.2) is 0 Å². The van der Waals surface area contributed by atoms with Gasteiger partial charge in [0.2, 0.25) is 0 Å². The number of carbonyl (C=O) groups is 1. The average Bonchev–Trinajstić information content (AvgIpc) is 2.38. The van der Waals surface area contributed by atoms with Crippen LogP contribution >= 0.6 is 15.9 Å². The standard InChI is InChI=1S/C17H16BrFO/c1-11-3-4-12(2)13(7-11)9-16(20)10-14-8-15(18)5-6-17(14)19/h3-8H,9-10H2,1-2H3. The molecule has 0 N–H and O–H groups in total. The second kappa shape index (κ2) is 6.31. The number of aryl methyl sites for hydroxylation is 2. The van der Waals surface area contributed by atoms with Crippen LogP contribution in [0.2, 0.25) is 0 Å². The molecule has 0 aliphatic carbocycles. The van der Waals surface area contributed by atoms with E-state index in [4.69, 9.17) is 0 Å². The highest BCUT2D eigenvalue weighted by Crippen LogP contribution is 2.18. The molecule has 0 saturated carbocycles. The minimum absolute atomic E-state index is 0.0238. The second-order valence-electron chi connectivity index (χ2n) is 5.06. The summed E-state index contributed by atoms with van der Waals surface area (Å²) in [6.07, 6.45) is 0.470. The van der Waals surface area contributed by atoms with Gasteiger partial charge in [-0.2, -0.15) is 0 Å². The van der Waals surface area contributed by atoms with Gasteiger partial charge >= 0.3 is 0 Å². The summed E-state index contributed by atoms with van der Waals surface area (Å²) in [7, 11) is 0. The van der Waals surface area contributed by atoms with Crippen molar-refractivity contribution in [3.05, 3.63) is 68.9 Å². The summed E-state index contributed by atoms with van der Waals surface area (Å²) in [6.45, 7) is 3.99. The third kappa shape index (κ3) is 3.76. The topological polar surface area (TPSA) is 17.1 Å². The quantitative estimate of drug-likeness (QED) is 0.801. The molecule has 0 aliphatic heterocycles. The lowest BCUT2D eigenvalue weighted by Crippen LogP contribution is -2.09. The van der Waals surface area contributed by atoms with Crippen molar-refractivity contribution in [2.24, 2.45) is 0 Å². The summed E-state index contributed by atoms with van der Waals surface area (Å²) < 4.78 is 14.4. The van der Waals surface area contributed by atoms with E-state index in [0.29, 0.717) is 12.0 Å². The van der Waals surface area contributed by atoms with E-state index in [1.165, 1.54) is 6.07 Å². The maximum Gasteiger partial charge on any atom is 0.141 e. The van der Waals surface area contributed by atoms with E-state index < -0.39 is 0 Å². The SMILES string of the molecule is Cc1ccc(C)c(CC(=O)Cc2cc(Br)ccc2F)c1. The molecular formula is C17H16BrFO. The van der Waals surface area contributed by atoms with E-state index in [9.17, 15) is 9.18 Å². The zero-order chi connectivity index (χ0) is 14.7. The molecule has 3 heteroatoms. The average molecular weight is 335 g/mol. The maximum atomic E-state index is 13.6. The lowest BCUT2D eigenvalue weighted by atomic mass is 9.98. The van der Waals surface area contributed by atoms with Gasteiger partial charge in [-0.3, -0.25) is 4.79 Å². The number of hydrogen-bond acceptors (Lipinski definition) is 1. The molecule has 0 spiro atoms. The minimum atomic E-state index is -0.331. The minimum Gasteiger partial charge on any atom is -0.299 e. The molecule has 104 valence electrons. The molecule has 0 aromatic heterocycles. The Bertz CT molecular complexity index is 594. The van der Waals surface area contributed by atoms with Crippen molar-refractivity contribution in [2.45, 2.75) is 26.7 Å². The molecule has 0 radical (unpaired) electrons. The predicted octanol–water partition coefficient (Wildman–Crippen LogP) is 4.56. The lowest BCUT2D eigenvalue weighted by Gasteiger charge is -2.07. The highest BCUT2D eigenvalue weighted by atomic mass is 79.9. The third-order valence-corrected chi connectivity index (χ3v) is 3.78. The van der Waals surface area contributed by atoms with Crippen LogP contribution in [0.15, 0.2) is 40.9 Å². The van der Waals surface area contributed by atoms with E-state index in [0.717, 1.165) is 21.2 Å². The molecule has 1 nitrogen and oxygen atoms in total. The van der Waals surface area contributed by atoms with Crippen LogP contribution in [-0.2, 0) is 17.6 Å². The van der Waals surface area contributed by atoms with Crippen LogP contribution in [0.4, 0.5) is 4.39 Å². The van der Waals surface area contributed by atoms with E-state index in [1.807, 2.05) is 32.0 Å². The van der Waals surface area contributed by atoms with Gasteiger partial charge < -0.3 is 0 Å². The Kier molecular flexibility index (Phi) is 4.71. The van der Waals surface area contributed by atoms with Crippen molar-refractivity contribution in [3.8, 4) is 0 Å². The Hall–Kier alpha value is -1.48. The first-order chi connectivity index (χ1) is 9.45. The molecule has 2 rings (SSSR count). The Morgan fingerprint density at radius 1 is 1.05 bits per heavy atom. The van der Waals surface area contributed by atoms with Crippen LogP contribution in [0.5, 0.6) is 0 Å². The van der Waals surface area contributed by atoms with Gasteiger partial charge in [0.1, 0.15) is 11.6 Å². The summed E-state index contributed by atoms with van der Waals surface area (Å²) in [5, 5.41) is 0. The monoisotopic (exact) mass is 334 g/mol. The summed E-state index contributed by atoms with van der Waals surface area (Å²) in [5.41, 5.74) is 3.69. The van der Waals surface area contributed by atoms with Gasteiger partial charge in [-0.15, -0.1) is 0 Å². The van der Waals surface area contributed by atoms with E-state index in [1.54, 1.807) is 12.1 Å². The van der Waals surface area contributed by atoms with Gasteiger partial charge in [0.25, 0.3) is 0 Å². The summed E-state index contributed by atoms with van der Waals surface area (Å²) in [6, 6.07) is 10.7. The fourth-order valence-electron chi connectivity index (χ4n) is 2.16.